The third-order valence-electron chi connectivity index (χ3n) is 4.00. The van der Waals surface area contributed by atoms with Gasteiger partial charge in [0, 0.05) is 5.56 Å². The number of para-hydroxylation sites is 1. The molecular weight excluding hydrogens is 384 g/mol. The molecule has 144 valence electrons. The third-order valence-corrected chi connectivity index (χ3v) is 5.44. The molecule has 0 aromatic heterocycles. The molecule has 10 heteroatoms. The van der Waals surface area contributed by atoms with E-state index in [0.717, 1.165) is 6.07 Å². The predicted molar refractivity (Wildman–Crippen MR) is 91.0 cm³/mol. The molecular formula is C17H15F2NO6S. The summed E-state index contributed by atoms with van der Waals surface area (Å²) in [6, 6.07) is 8.25. The van der Waals surface area contributed by atoms with E-state index in [1.165, 1.54) is 32.4 Å². The average molecular weight is 399 g/mol. The van der Waals surface area contributed by atoms with Crippen LogP contribution in [0.5, 0.6) is 11.5 Å². The van der Waals surface area contributed by atoms with Crippen LogP contribution in [-0.4, -0.2) is 34.4 Å². The van der Waals surface area contributed by atoms with E-state index in [4.69, 9.17) is 14.2 Å². The van der Waals surface area contributed by atoms with E-state index < -0.39 is 32.7 Å². The molecule has 0 saturated heterocycles. The van der Waals surface area contributed by atoms with Crippen LogP contribution in [0.2, 0.25) is 0 Å². The number of hydrogen-bond donors (Lipinski definition) is 1. The summed E-state index contributed by atoms with van der Waals surface area (Å²) in [6.07, 6.45) is -1.08. The molecule has 7 nitrogen and oxygen atoms in total. The number of ether oxygens (including phenoxy) is 3. The van der Waals surface area contributed by atoms with Gasteiger partial charge < -0.3 is 19.5 Å². The molecule has 0 radical (unpaired) electrons. The Morgan fingerprint density at radius 1 is 1.11 bits per heavy atom. The van der Waals surface area contributed by atoms with Crippen molar-refractivity contribution in [1.29, 1.82) is 0 Å². The first kappa shape index (κ1) is 18.9. The van der Waals surface area contributed by atoms with Gasteiger partial charge in [-0.25, -0.2) is 13.2 Å². The molecule has 2 aromatic carbocycles. The standard InChI is InChI=1S/C17H15F2NO6S/c1-24-11-8-7-9-13(14(11)25-2)16(21)26-15(9)20-10-5-3-4-6-12(10)27(22,23)17(18)19/h3-8,15,17,20H,1-2H3/t15-/m1/s1. The topological polar surface area (TPSA) is 90.9 Å². The summed E-state index contributed by atoms with van der Waals surface area (Å²) in [5.41, 5.74) is 0.365. The third kappa shape index (κ3) is 3.16. The maximum atomic E-state index is 12.9. The van der Waals surface area contributed by atoms with E-state index in [-0.39, 0.29) is 17.0 Å². The monoisotopic (exact) mass is 399 g/mol. The minimum atomic E-state index is -4.84. The van der Waals surface area contributed by atoms with Crippen LogP contribution in [0.4, 0.5) is 14.5 Å². The van der Waals surface area contributed by atoms with Crippen molar-refractivity contribution in [3.05, 3.63) is 47.5 Å². The highest BCUT2D eigenvalue weighted by molar-refractivity contribution is 7.91. The number of esters is 1. The Hall–Kier alpha value is -2.88. The largest absolute Gasteiger partial charge is 0.493 e. The fourth-order valence-electron chi connectivity index (χ4n) is 2.78. The van der Waals surface area contributed by atoms with Gasteiger partial charge in [-0.05, 0) is 24.3 Å². The van der Waals surface area contributed by atoms with Gasteiger partial charge in [-0.15, -0.1) is 0 Å². The second-order valence-corrected chi connectivity index (χ2v) is 7.38. The number of fused-ring (bicyclic) bond motifs is 1. The number of cyclic esters (lactones) is 1. The number of methoxy groups -OCH3 is 2. The summed E-state index contributed by atoms with van der Waals surface area (Å²) in [7, 11) is -2.08. The summed E-state index contributed by atoms with van der Waals surface area (Å²) < 4.78 is 65.2. The van der Waals surface area contributed by atoms with E-state index >= 15 is 0 Å². The van der Waals surface area contributed by atoms with Crippen molar-refractivity contribution in [3.8, 4) is 11.5 Å². The number of rotatable bonds is 6. The average Bonchev–Trinajstić information content (AvgIpc) is 2.96. The highest BCUT2D eigenvalue weighted by Crippen LogP contribution is 2.42. The molecule has 0 spiro atoms. The van der Waals surface area contributed by atoms with Crippen LogP contribution in [0.15, 0.2) is 41.3 Å². The Morgan fingerprint density at radius 3 is 2.44 bits per heavy atom. The highest BCUT2D eigenvalue weighted by atomic mass is 32.2. The molecule has 0 saturated carbocycles. The number of carbonyl (C=O) groups is 1. The van der Waals surface area contributed by atoms with Crippen molar-refractivity contribution in [1.82, 2.24) is 0 Å². The Morgan fingerprint density at radius 2 is 1.81 bits per heavy atom. The lowest BCUT2D eigenvalue weighted by Crippen LogP contribution is -2.17. The number of nitrogens with one attached hydrogen (secondary N) is 1. The Labute approximate surface area is 153 Å². The Bertz CT molecular complexity index is 993. The summed E-state index contributed by atoms with van der Waals surface area (Å²) >= 11 is 0. The minimum absolute atomic E-state index is 0.113. The number of carbonyl (C=O) groups excluding carboxylic acids is 1. The first-order chi connectivity index (χ1) is 12.8. The van der Waals surface area contributed by atoms with Crippen molar-refractivity contribution in [2.75, 3.05) is 19.5 Å². The van der Waals surface area contributed by atoms with Crippen molar-refractivity contribution in [2.24, 2.45) is 0 Å². The quantitative estimate of drug-likeness (QED) is 0.747. The molecule has 0 fully saturated rings. The summed E-state index contributed by atoms with van der Waals surface area (Å²) in [4.78, 5) is 11.7. The molecule has 1 N–H and O–H groups in total. The summed E-state index contributed by atoms with van der Waals surface area (Å²) in [6.45, 7) is 0. The molecule has 1 heterocycles. The molecule has 0 unspecified atom stereocenters. The van der Waals surface area contributed by atoms with Crippen LogP contribution < -0.4 is 14.8 Å². The smallest absolute Gasteiger partial charge is 0.344 e. The van der Waals surface area contributed by atoms with Gasteiger partial charge in [0.15, 0.2) is 11.5 Å². The van der Waals surface area contributed by atoms with Gasteiger partial charge in [0.2, 0.25) is 16.1 Å². The zero-order valence-corrected chi connectivity index (χ0v) is 15.0. The van der Waals surface area contributed by atoms with Gasteiger partial charge >= 0.3 is 11.7 Å². The first-order valence-corrected chi connectivity index (χ1v) is 9.19. The van der Waals surface area contributed by atoms with Gasteiger partial charge in [0.1, 0.15) is 5.56 Å². The van der Waals surface area contributed by atoms with E-state index in [1.807, 2.05) is 0 Å². The van der Waals surface area contributed by atoms with Gasteiger partial charge in [0.25, 0.3) is 0 Å². The maximum absolute atomic E-state index is 12.9. The second kappa shape index (κ2) is 7.03. The van der Waals surface area contributed by atoms with Crippen LogP contribution in [-0.2, 0) is 14.6 Å². The lowest BCUT2D eigenvalue weighted by molar-refractivity contribution is 0.0434. The van der Waals surface area contributed by atoms with Crippen LogP contribution in [0, 0.1) is 0 Å². The lowest BCUT2D eigenvalue weighted by Gasteiger charge is -2.17. The number of hydrogen-bond acceptors (Lipinski definition) is 7. The normalized spacial score (nSPS) is 16.0. The van der Waals surface area contributed by atoms with Gasteiger partial charge in [-0.3, -0.25) is 0 Å². The van der Waals surface area contributed by atoms with Crippen LogP contribution >= 0.6 is 0 Å². The zero-order valence-electron chi connectivity index (χ0n) is 14.2. The van der Waals surface area contributed by atoms with E-state index in [2.05, 4.69) is 5.32 Å². The number of halogens is 2. The highest BCUT2D eigenvalue weighted by Gasteiger charge is 2.37. The van der Waals surface area contributed by atoms with Gasteiger partial charge in [-0.1, -0.05) is 12.1 Å². The van der Waals surface area contributed by atoms with Crippen LogP contribution in [0.1, 0.15) is 22.1 Å². The summed E-state index contributed by atoms with van der Waals surface area (Å²) in [5.74, 6) is -3.82. The minimum Gasteiger partial charge on any atom is -0.493 e. The second-order valence-electron chi connectivity index (χ2n) is 5.50. The van der Waals surface area contributed by atoms with Gasteiger partial charge in [0.05, 0.1) is 24.8 Å². The Balaban J connectivity index is 2.03. The van der Waals surface area contributed by atoms with Crippen LogP contribution in [0.25, 0.3) is 0 Å². The molecule has 3 rings (SSSR count). The van der Waals surface area contributed by atoms with Crippen molar-refractivity contribution in [3.63, 3.8) is 0 Å². The summed E-state index contributed by atoms with van der Waals surface area (Å²) in [5, 5.41) is 2.69. The number of sulfone groups is 1. The van der Waals surface area contributed by atoms with E-state index in [1.54, 1.807) is 12.1 Å². The zero-order chi connectivity index (χ0) is 19.8. The lowest BCUT2D eigenvalue weighted by atomic mass is 10.1. The van der Waals surface area contributed by atoms with Crippen molar-refractivity contribution in [2.45, 2.75) is 16.9 Å². The first-order valence-electron chi connectivity index (χ1n) is 7.64. The number of alkyl halides is 2. The molecule has 1 atom stereocenters. The van der Waals surface area contributed by atoms with Crippen LogP contribution in [0.3, 0.4) is 0 Å². The fraction of sp³-hybridized carbons (Fsp3) is 0.235. The molecule has 1 aliphatic rings. The molecule has 2 aromatic rings. The number of benzene rings is 2. The SMILES string of the molecule is COc1ccc2c(c1OC)C(=O)O[C@H]2Nc1ccccc1S(=O)(=O)C(F)F. The molecule has 1 aliphatic heterocycles. The molecule has 0 bridgehead atoms. The molecule has 0 amide bonds. The number of anilines is 1. The van der Waals surface area contributed by atoms with Crippen molar-refractivity contribution >= 4 is 21.5 Å². The van der Waals surface area contributed by atoms with E-state index in [0.29, 0.717) is 11.3 Å². The fourth-order valence-corrected chi connectivity index (χ4v) is 3.67. The Kier molecular flexibility index (Phi) is 4.92. The predicted octanol–water partition coefficient (Wildman–Crippen LogP) is 2.98. The molecule has 0 aliphatic carbocycles. The molecule has 27 heavy (non-hydrogen) atoms. The van der Waals surface area contributed by atoms with Crippen molar-refractivity contribution < 1.29 is 36.2 Å². The van der Waals surface area contributed by atoms with Gasteiger partial charge in [-0.2, -0.15) is 8.78 Å². The maximum Gasteiger partial charge on any atom is 0.344 e. The van der Waals surface area contributed by atoms with E-state index in [9.17, 15) is 22.0 Å².